The Morgan fingerprint density at radius 1 is 1.13 bits per heavy atom. The normalized spacial score (nSPS) is 20.0. The number of likely N-dealkylation sites (tertiary alicyclic amines) is 1. The van der Waals surface area contributed by atoms with Gasteiger partial charge in [-0.2, -0.15) is 0 Å². The minimum absolute atomic E-state index is 0.0807. The molecule has 0 radical (unpaired) electrons. The van der Waals surface area contributed by atoms with Crippen molar-refractivity contribution >= 4 is 16.8 Å². The molecule has 6 nitrogen and oxygen atoms in total. The number of carbonyl (C=O) groups excluding carboxylic acids is 1. The topological polar surface area (TPSA) is 81.2 Å². The quantitative estimate of drug-likeness (QED) is 0.568. The summed E-state index contributed by atoms with van der Waals surface area (Å²) >= 11 is 0. The lowest BCUT2D eigenvalue weighted by molar-refractivity contribution is 0.0933. The van der Waals surface area contributed by atoms with Gasteiger partial charge in [-0.25, -0.2) is 4.98 Å². The number of aromatic nitrogens is 2. The number of amides is 1. The van der Waals surface area contributed by atoms with Crippen LogP contribution in [0.5, 0.6) is 0 Å². The first-order valence-electron chi connectivity index (χ1n) is 11.4. The second kappa shape index (κ2) is 8.81. The fourth-order valence-electron chi connectivity index (χ4n) is 5.02. The molecule has 1 atom stereocenters. The van der Waals surface area contributed by atoms with Crippen LogP contribution in [0, 0.1) is 0 Å². The Labute approximate surface area is 182 Å². The van der Waals surface area contributed by atoms with Crippen molar-refractivity contribution in [2.75, 3.05) is 13.2 Å². The number of aliphatic hydroxyl groups is 1. The number of fused-ring (bicyclic) bond motifs is 1. The summed E-state index contributed by atoms with van der Waals surface area (Å²) in [7, 11) is 0. The van der Waals surface area contributed by atoms with Gasteiger partial charge in [-0.1, -0.05) is 25.0 Å². The van der Waals surface area contributed by atoms with Gasteiger partial charge < -0.3 is 15.4 Å². The molecule has 31 heavy (non-hydrogen) atoms. The standard InChI is InChI=1S/C25H30N4O2/c30-16-21-7-4-12-29(21)15-20-14-18-13-17(10-11-23(18)26-20)22-8-3-9-24(28-22)25(31)27-19-5-1-2-6-19/h3,8-11,13-14,19,21,26,30H,1-2,4-7,12,15-16H2,(H,27,31)/t21-/m1/s1. The molecule has 1 saturated carbocycles. The lowest BCUT2D eigenvalue weighted by atomic mass is 10.1. The van der Waals surface area contributed by atoms with Gasteiger partial charge in [-0.05, 0) is 62.6 Å². The zero-order chi connectivity index (χ0) is 21.2. The molecule has 0 spiro atoms. The predicted molar refractivity (Wildman–Crippen MR) is 122 cm³/mol. The molecule has 1 aliphatic heterocycles. The molecule has 5 rings (SSSR count). The monoisotopic (exact) mass is 418 g/mol. The molecule has 1 saturated heterocycles. The van der Waals surface area contributed by atoms with Gasteiger partial charge in [0.15, 0.2) is 0 Å². The number of hydrogen-bond donors (Lipinski definition) is 3. The third kappa shape index (κ3) is 4.36. The molecule has 162 valence electrons. The maximum Gasteiger partial charge on any atom is 0.270 e. The molecule has 3 N–H and O–H groups in total. The van der Waals surface area contributed by atoms with Gasteiger partial charge in [0.2, 0.25) is 0 Å². The summed E-state index contributed by atoms with van der Waals surface area (Å²) < 4.78 is 0. The molecule has 1 aromatic carbocycles. The van der Waals surface area contributed by atoms with E-state index in [1.807, 2.05) is 12.1 Å². The average molecular weight is 419 g/mol. The van der Waals surface area contributed by atoms with Crippen molar-refractivity contribution in [3.8, 4) is 11.3 Å². The molecular formula is C25H30N4O2. The summed E-state index contributed by atoms with van der Waals surface area (Å²) in [6.45, 7) is 2.08. The lowest BCUT2D eigenvalue weighted by Crippen LogP contribution is -2.33. The SMILES string of the molecule is O=C(NC1CCCC1)c1cccc(-c2ccc3[nH]c(CN4CCC[C@@H]4CO)cc3c2)n1. The Morgan fingerprint density at radius 2 is 2.00 bits per heavy atom. The maximum absolute atomic E-state index is 12.6. The predicted octanol–water partition coefficient (Wildman–Crippen LogP) is 3.86. The van der Waals surface area contributed by atoms with Crippen molar-refractivity contribution in [1.82, 2.24) is 20.2 Å². The minimum atomic E-state index is -0.0807. The molecule has 1 amide bonds. The van der Waals surface area contributed by atoms with E-state index in [0.717, 1.165) is 66.6 Å². The lowest BCUT2D eigenvalue weighted by Gasteiger charge is -2.21. The third-order valence-electron chi connectivity index (χ3n) is 6.73. The zero-order valence-electron chi connectivity index (χ0n) is 17.8. The fourth-order valence-corrected chi connectivity index (χ4v) is 5.02. The van der Waals surface area contributed by atoms with E-state index in [4.69, 9.17) is 0 Å². The number of H-pyrrole nitrogens is 1. The number of aromatic amines is 1. The van der Waals surface area contributed by atoms with E-state index < -0.39 is 0 Å². The first-order chi connectivity index (χ1) is 15.2. The largest absolute Gasteiger partial charge is 0.395 e. The van der Waals surface area contributed by atoms with Crippen LogP contribution in [0.4, 0.5) is 0 Å². The summed E-state index contributed by atoms with van der Waals surface area (Å²) in [6.07, 6.45) is 6.72. The Morgan fingerprint density at radius 3 is 2.84 bits per heavy atom. The van der Waals surface area contributed by atoms with Crippen LogP contribution in [0.1, 0.15) is 54.7 Å². The van der Waals surface area contributed by atoms with Gasteiger partial charge in [0, 0.05) is 40.8 Å². The van der Waals surface area contributed by atoms with E-state index in [0.29, 0.717) is 5.69 Å². The molecule has 6 heteroatoms. The summed E-state index contributed by atoms with van der Waals surface area (Å²) in [5.41, 5.74) is 4.54. The van der Waals surface area contributed by atoms with E-state index in [-0.39, 0.29) is 24.6 Å². The number of hydrogen-bond acceptors (Lipinski definition) is 4. The van der Waals surface area contributed by atoms with Crippen LogP contribution in [0.3, 0.4) is 0 Å². The van der Waals surface area contributed by atoms with Crippen LogP contribution >= 0.6 is 0 Å². The van der Waals surface area contributed by atoms with Gasteiger partial charge in [-0.15, -0.1) is 0 Å². The first kappa shape index (κ1) is 20.2. The van der Waals surface area contributed by atoms with Gasteiger partial charge in [-0.3, -0.25) is 9.69 Å². The second-order valence-corrected chi connectivity index (χ2v) is 8.91. The fraction of sp³-hybridized carbons (Fsp3) is 0.440. The summed E-state index contributed by atoms with van der Waals surface area (Å²) in [4.78, 5) is 23.1. The maximum atomic E-state index is 12.6. The van der Waals surface area contributed by atoms with E-state index in [1.54, 1.807) is 6.07 Å². The van der Waals surface area contributed by atoms with Crippen molar-refractivity contribution in [2.45, 2.75) is 57.2 Å². The van der Waals surface area contributed by atoms with Crippen LogP contribution in [0.25, 0.3) is 22.2 Å². The van der Waals surface area contributed by atoms with Crippen LogP contribution in [-0.2, 0) is 6.54 Å². The van der Waals surface area contributed by atoms with Gasteiger partial charge >= 0.3 is 0 Å². The highest BCUT2D eigenvalue weighted by Gasteiger charge is 2.24. The van der Waals surface area contributed by atoms with Crippen molar-refractivity contribution < 1.29 is 9.90 Å². The number of nitrogens with one attached hydrogen (secondary N) is 2. The second-order valence-electron chi connectivity index (χ2n) is 8.91. The average Bonchev–Trinajstić information content (AvgIpc) is 3.54. The smallest absolute Gasteiger partial charge is 0.270 e. The van der Waals surface area contributed by atoms with Crippen molar-refractivity contribution in [1.29, 1.82) is 0 Å². The molecule has 0 bridgehead atoms. The molecule has 3 aromatic rings. The number of aliphatic hydroxyl groups excluding tert-OH is 1. The van der Waals surface area contributed by atoms with Crippen molar-refractivity contribution in [3.05, 3.63) is 53.9 Å². The minimum Gasteiger partial charge on any atom is -0.395 e. The highest BCUT2D eigenvalue weighted by atomic mass is 16.3. The van der Waals surface area contributed by atoms with Crippen LogP contribution in [0.15, 0.2) is 42.5 Å². The molecule has 2 aromatic heterocycles. The highest BCUT2D eigenvalue weighted by Crippen LogP contribution is 2.26. The Bertz CT molecular complexity index is 1070. The zero-order valence-corrected chi connectivity index (χ0v) is 17.8. The highest BCUT2D eigenvalue weighted by molar-refractivity contribution is 5.93. The number of pyridine rings is 1. The van der Waals surface area contributed by atoms with Gasteiger partial charge in [0.05, 0.1) is 12.3 Å². The number of nitrogens with zero attached hydrogens (tertiary/aromatic N) is 2. The van der Waals surface area contributed by atoms with Crippen molar-refractivity contribution in [2.24, 2.45) is 0 Å². The molecule has 2 aliphatic rings. The van der Waals surface area contributed by atoms with E-state index in [2.05, 4.69) is 44.5 Å². The summed E-state index contributed by atoms with van der Waals surface area (Å²) in [5, 5.41) is 13.8. The number of benzene rings is 1. The Kier molecular flexibility index (Phi) is 5.74. The molecule has 1 aliphatic carbocycles. The first-order valence-corrected chi connectivity index (χ1v) is 11.4. The van der Waals surface area contributed by atoms with Crippen molar-refractivity contribution in [3.63, 3.8) is 0 Å². The van der Waals surface area contributed by atoms with Gasteiger partial charge in [0.1, 0.15) is 5.69 Å². The van der Waals surface area contributed by atoms with E-state index in [1.165, 1.54) is 12.8 Å². The number of rotatable bonds is 6. The van der Waals surface area contributed by atoms with Crippen LogP contribution in [0.2, 0.25) is 0 Å². The number of carbonyl (C=O) groups is 1. The third-order valence-corrected chi connectivity index (χ3v) is 6.73. The molecule has 2 fully saturated rings. The molecular weight excluding hydrogens is 388 g/mol. The summed E-state index contributed by atoms with van der Waals surface area (Å²) in [6, 6.07) is 14.6. The Hall–Kier alpha value is -2.70. The van der Waals surface area contributed by atoms with Gasteiger partial charge in [0.25, 0.3) is 5.91 Å². The summed E-state index contributed by atoms with van der Waals surface area (Å²) in [5.74, 6) is -0.0807. The van der Waals surface area contributed by atoms with E-state index in [9.17, 15) is 9.90 Å². The molecule has 0 unspecified atom stereocenters. The molecule has 3 heterocycles. The van der Waals surface area contributed by atoms with Crippen LogP contribution < -0.4 is 5.32 Å². The Balaban J connectivity index is 1.34. The van der Waals surface area contributed by atoms with Crippen LogP contribution in [-0.4, -0.2) is 51.1 Å². The van der Waals surface area contributed by atoms with E-state index >= 15 is 0 Å².